The van der Waals surface area contributed by atoms with Crippen LogP contribution < -0.4 is 5.11 Å². The van der Waals surface area contributed by atoms with E-state index < -0.39 is 5.97 Å². The summed E-state index contributed by atoms with van der Waals surface area (Å²) in [7, 11) is 0. The number of alkyl halides is 1. The molecule has 0 aromatic heterocycles. The van der Waals surface area contributed by atoms with Crippen LogP contribution in [0, 0.1) is 5.92 Å². The maximum Gasteiger partial charge on any atom is 0.0450 e. The molecule has 0 saturated carbocycles. The van der Waals surface area contributed by atoms with Crippen LogP contribution in [0.1, 0.15) is 6.92 Å². The zero-order chi connectivity index (χ0) is 5.86. The Morgan fingerprint density at radius 1 is 2.00 bits per heavy atom. The van der Waals surface area contributed by atoms with E-state index in [4.69, 9.17) is 0 Å². The van der Waals surface area contributed by atoms with Crippen molar-refractivity contribution in [3.63, 3.8) is 0 Å². The Hall–Kier alpha value is -0.0500. The number of carbonyl (C=O) groups is 1. The molecule has 42 valence electrons. The molecule has 0 radical (unpaired) electrons. The third kappa shape index (κ3) is 2.62. The molecule has 0 saturated heterocycles. The summed E-state index contributed by atoms with van der Waals surface area (Å²) in [6.45, 7) is 1.59. The second kappa shape index (κ2) is 3.02. The number of hydrogen-bond donors (Lipinski definition) is 0. The SMILES string of the molecule is C[C@H](CBr)C(=O)[O-]. The molecule has 0 amide bonds. The zero-order valence-corrected chi connectivity index (χ0v) is 5.56. The van der Waals surface area contributed by atoms with Gasteiger partial charge < -0.3 is 9.90 Å². The van der Waals surface area contributed by atoms with E-state index in [-0.39, 0.29) is 5.92 Å². The Labute approximate surface area is 50.7 Å². The standard InChI is InChI=1S/C4H7BrO2/c1-3(2-5)4(6)7/h3H,2H2,1H3,(H,6,7)/p-1/t3-/m1/s1. The first-order chi connectivity index (χ1) is 3.18. The van der Waals surface area contributed by atoms with E-state index in [0.29, 0.717) is 5.33 Å². The summed E-state index contributed by atoms with van der Waals surface area (Å²) >= 11 is 2.99. The number of carboxylic acids is 1. The van der Waals surface area contributed by atoms with Crippen molar-refractivity contribution in [1.29, 1.82) is 0 Å². The molecule has 0 N–H and O–H groups in total. The maximum absolute atomic E-state index is 9.79. The Morgan fingerprint density at radius 3 is 2.43 bits per heavy atom. The Morgan fingerprint density at radius 2 is 2.43 bits per heavy atom. The van der Waals surface area contributed by atoms with Crippen LogP contribution in [0.25, 0.3) is 0 Å². The lowest BCUT2D eigenvalue weighted by molar-refractivity contribution is -0.310. The average Bonchev–Trinajstić information content (AvgIpc) is 1.65. The molecular formula is C4H6BrO2-. The first kappa shape index (κ1) is 6.95. The van der Waals surface area contributed by atoms with Crippen molar-refractivity contribution in [2.45, 2.75) is 6.92 Å². The van der Waals surface area contributed by atoms with Crippen LogP contribution in [0.15, 0.2) is 0 Å². The maximum atomic E-state index is 9.79. The van der Waals surface area contributed by atoms with Gasteiger partial charge >= 0.3 is 0 Å². The molecule has 7 heavy (non-hydrogen) atoms. The van der Waals surface area contributed by atoms with E-state index in [1.807, 2.05) is 0 Å². The molecule has 3 heteroatoms. The van der Waals surface area contributed by atoms with Gasteiger partial charge in [-0.15, -0.1) is 0 Å². The predicted molar refractivity (Wildman–Crippen MR) is 28.0 cm³/mol. The lowest BCUT2D eigenvalue weighted by Crippen LogP contribution is -2.30. The summed E-state index contributed by atoms with van der Waals surface area (Å²) < 4.78 is 0. The average molecular weight is 166 g/mol. The Balaban J connectivity index is 3.34. The van der Waals surface area contributed by atoms with E-state index in [1.165, 1.54) is 0 Å². The first-order valence-electron chi connectivity index (χ1n) is 1.95. The van der Waals surface area contributed by atoms with E-state index in [2.05, 4.69) is 15.9 Å². The lowest BCUT2D eigenvalue weighted by atomic mass is 10.2. The van der Waals surface area contributed by atoms with Gasteiger partial charge in [-0.05, 0) is 0 Å². The molecule has 0 aliphatic carbocycles. The van der Waals surface area contributed by atoms with Crippen molar-refractivity contribution in [3.05, 3.63) is 0 Å². The van der Waals surface area contributed by atoms with E-state index in [1.54, 1.807) is 6.92 Å². The van der Waals surface area contributed by atoms with Crippen molar-refractivity contribution < 1.29 is 9.90 Å². The summed E-state index contributed by atoms with van der Waals surface area (Å²) in [4.78, 5) is 9.79. The highest BCUT2D eigenvalue weighted by atomic mass is 79.9. The molecule has 0 aliphatic heterocycles. The second-order valence-electron chi connectivity index (χ2n) is 1.37. The third-order valence-electron chi connectivity index (χ3n) is 0.634. The van der Waals surface area contributed by atoms with Gasteiger partial charge in [0.05, 0.1) is 0 Å². The molecule has 0 rings (SSSR count). The minimum Gasteiger partial charge on any atom is -0.550 e. The van der Waals surface area contributed by atoms with Gasteiger partial charge in [-0.2, -0.15) is 0 Å². The predicted octanol–water partition coefficient (Wildman–Crippen LogP) is -0.233. The van der Waals surface area contributed by atoms with Gasteiger partial charge in [0.25, 0.3) is 0 Å². The fraction of sp³-hybridized carbons (Fsp3) is 0.750. The van der Waals surface area contributed by atoms with Crippen LogP contribution in [-0.4, -0.2) is 11.3 Å². The zero-order valence-electron chi connectivity index (χ0n) is 3.98. The Bertz CT molecular complexity index is 72.1. The number of carbonyl (C=O) groups excluding carboxylic acids is 1. The van der Waals surface area contributed by atoms with Crippen molar-refractivity contribution >= 4 is 21.9 Å². The molecule has 1 atom stereocenters. The van der Waals surface area contributed by atoms with Crippen LogP contribution in [0.2, 0.25) is 0 Å². The molecule has 2 nitrogen and oxygen atoms in total. The molecule has 0 aliphatic rings. The summed E-state index contributed by atoms with van der Waals surface area (Å²) in [5.41, 5.74) is 0. The number of hydrogen-bond acceptors (Lipinski definition) is 2. The minimum atomic E-state index is -1.00. The van der Waals surface area contributed by atoms with Gasteiger partial charge in [-0.1, -0.05) is 22.9 Å². The van der Waals surface area contributed by atoms with Crippen LogP contribution >= 0.6 is 15.9 Å². The van der Waals surface area contributed by atoms with E-state index >= 15 is 0 Å². The number of halogens is 1. The van der Waals surface area contributed by atoms with Gasteiger partial charge in [0.1, 0.15) is 0 Å². The lowest BCUT2D eigenvalue weighted by Gasteiger charge is -2.05. The number of rotatable bonds is 2. The fourth-order valence-electron chi connectivity index (χ4n) is 0.0630. The summed E-state index contributed by atoms with van der Waals surface area (Å²) in [6, 6.07) is 0. The minimum absolute atomic E-state index is 0.375. The van der Waals surface area contributed by atoms with Crippen molar-refractivity contribution in [2.75, 3.05) is 5.33 Å². The molecular weight excluding hydrogens is 160 g/mol. The van der Waals surface area contributed by atoms with Crippen molar-refractivity contribution in [3.8, 4) is 0 Å². The molecule has 0 fully saturated rings. The Kier molecular flexibility index (Phi) is 3.00. The largest absolute Gasteiger partial charge is 0.550 e. The van der Waals surface area contributed by atoms with Crippen LogP contribution in [0.4, 0.5) is 0 Å². The monoisotopic (exact) mass is 165 g/mol. The second-order valence-corrected chi connectivity index (χ2v) is 2.02. The molecule has 0 spiro atoms. The van der Waals surface area contributed by atoms with E-state index in [0.717, 1.165) is 0 Å². The summed E-state index contributed by atoms with van der Waals surface area (Å²) in [5, 5.41) is 10.3. The van der Waals surface area contributed by atoms with Gasteiger partial charge in [0.2, 0.25) is 0 Å². The number of aliphatic carboxylic acids is 1. The van der Waals surface area contributed by atoms with E-state index in [9.17, 15) is 9.90 Å². The molecule has 0 unspecified atom stereocenters. The van der Waals surface area contributed by atoms with Crippen molar-refractivity contribution in [2.24, 2.45) is 5.92 Å². The number of carboxylic acid groups (broad SMARTS) is 1. The first-order valence-corrected chi connectivity index (χ1v) is 3.07. The van der Waals surface area contributed by atoms with Gasteiger partial charge in [-0.3, -0.25) is 0 Å². The molecule has 0 aromatic carbocycles. The smallest absolute Gasteiger partial charge is 0.0450 e. The fourth-order valence-corrected chi connectivity index (χ4v) is 0.327. The quantitative estimate of drug-likeness (QED) is 0.531. The van der Waals surface area contributed by atoms with Crippen LogP contribution in [-0.2, 0) is 4.79 Å². The summed E-state index contributed by atoms with van der Waals surface area (Å²) in [6.07, 6.45) is 0. The molecule has 0 bridgehead atoms. The highest BCUT2D eigenvalue weighted by Gasteiger charge is 1.96. The van der Waals surface area contributed by atoms with Crippen LogP contribution in [0.5, 0.6) is 0 Å². The third-order valence-corrected chi connectivity index (χ3v) is 1.61. The highest BCUT2D eigenvalue weighted by Crippen LogP contribution is 1.95. The molecule has 0 heterocycles. The topological polar surface area (TPSA) is 40.1 Å². The van der Waals surface area contributed by atoms with Gasteiger partial charge in [-0.25, -0.2) is 0 Å². The summed E-state index contributed by atoms with van der Waals surface area (Å²) in [5.74, 6) is -1.38. The van der Waals surface area contributed by atoms with Crippen molar-refractivity contribution in [1.82, 2.24) is 0 Å². The highest BCUT2D eigenvalue weighted by molar-refractivity contribution is 9.09. The normalized spacial score (nSPS) is 13.4. The van der Waals surface area contributed by atoms with Crippen LogP contribution in [0.3, 0.4) is 0 Å². The molecule has 0 aromatic rings. The van der Waals surface area contributed by atoms with Gasteiger partial charge in [0, 0.05) is 17.2 Å². The van der Waals surface area contributed by atoms with Gasteiger partial charge in [0.15, 0.2) is 0 Å².